The molecule has 0 N–H and O–H groups in total. The lowest BCUT2D eigenvalue weighted by Crippen LogP contribution is -2.17. The number of allylic oxidation sites excluding steroid dienone is 1. The average molecular weight is 155 g/mol. The lowest BCUT2D eigenvalue weighted by molar-refractivity contribution is -0.114. The minimum Gasteiger partial charge on any atom is -0.410 e. The Hall–Kier alpha value is -0.413. The smallest absolute Gasteiger partial charge is 0.205 e. The number of rotatable bonds is 2. The molecule has 2 nitrogen and oxygen atoms in total. The molecule has 0 fully saturated rings. The molecule has 0 aliphatic heterocycles. The highest BCUT2D eigenvalue weighted by atomic mass is 28.3. The minimum absolute atomic E-state index is 0.0800. The van der Waals surface area contributed by atoms with Crippen LogP contribution in [0.3, 0.4) is 0 Å². The first-order valence-electron chi connectivity index (χ1n) is 3.36. The minimum atomic E-state index is -0.644. The van der Waals surface area contributed by atoms with Crippen LogP contribution < -0.4 is 0 Å². The summed E-state index contributed by atoms with van der Waals surface area (Å²) in [5.74, 6) is 0.188. The third-order valence-electron chi connectivity index (χ3n) is 1.29. The summed E-state index contributed by atoms with van der Waals surface area (Å²) in [5.41, 5.74) is 0. The normalized spacial score (nSPS) is 24.7. The van der Waals surface area contributed by atoms with Crippen LogP contribution in [0.5, 0.6) is 0 Å². The first-order chi connectivity index (χ1) is 4.68. The molecule has 1 aliphatic rings. The van der Waals surface area contributed by atoms with E-state index in [-0.39, 0.29) is 11.9 Å². The van der Waals surface area contributed by atoms with Gasteiger partial charge in [0.15, 0.2) is 5.78 Å². The molecule has 0 spiro atoms. The molecule has 0 aromatic rings. The molecule has 0 heterocycles. The van der Waals surface area contributed by atoms with E-state index in [1.165, 1.54) is 0 Å². The van der Waals surface area contributed by atoms with Crippen LogP contribution in [0, 0.1) is 0 Å². The summed E-state index contributed by atoms with van der Waals surface area (Å²) in [7, 11) is -0.644. The van der Waals surface area contributed by atoms with Crippen LogP contribution >= 0.6 is 0 Å². The van der Waals surface area contributed by atoms with Crippen molar-refractivity contribution in [2.75, 3.05) is 0 Å². The molecule has 1 radical (unpaired) electrons. The van der Waals surface area contributed by atoms with Gasteiger partial charge in [0.2, 0.25) is 9.04 Å². The van der Waals surface area contributed by atoms with Crippen LogP contribution in [0.25, 0.3) is 0 Å². The summed E-state index contributed by atoms with van der Waals surface area (Å²) in [6.45, 7) is 4.14. The highest BCUT2D eigenvalue weighted by molar-refractivity contribution is 6.48. The molecule has 1 rings (SSSR count). The van der Waals surface area contributed by atoms with Gasteiger partial charge >= 0.3 is 0 Å². The fourth-order valence-electron chi connectivity index (χ4n) is 0.933. The second kappa shape index (κ2) is 3.12. The molecule has 1 aliphatic carbocycles. The monoisotopic (exact) mass is 155 g/mol. The highest BCUT2D eigenvalue weighted by Crippen LogP contribution is 2.10. The average Bonchev–Trinajstić information content (AvgIpc) is 2.13. The summed E-state index contributed by atoms with van der Waals surface area (Å²) in [5, 5.41) is 0. The molecular formula is C7H11O2Si. The number of hydrogen-bond donors (Lipinski definition) is 0. The quantitative estimate of drug-likeness (QED) is 0.559. The number of hydrogen-bond acceptors (Lipinski definition) is 2. The van der Waals surface area contributed by atoms with E-state index in [9.17, 15) is 4.79 Å². The fourth-order valence-corrected chi connectivity index (χ4v) is 1.70. The predicted octanol–water partition coefficient (Wildman–Crippen LogP) is 1.15. The van der Waals surface area contributed by atoms with Crippen molar-refractivity contribution in [3.8, 4) is 0 Å². The van der Waals surface area contributed by atoms with Crippen molar-refractivity contribution >= 4 is 14.8 Å². The van der Waals surface area contributed by atoms with Crippen molar-refractivity contribution in [1.29, 1.82) is 0 Å². The number of carbonyl (C=O) groups excluding carboxylic acids is 1. The van der Waals surface area contributed by atoms with Crippen molar-refractivity contribution in [1.82, 2.24) is 0 Å². The summed E-state index contributed by atoms with van der Waals surface area (Å²) in [4.78, 5) is 10.7. The van der Waals surface area contributed by atoms with E-state index >= 15 is 0 Å². The van der Waals surface area contributed by atoms with Gasteiger partial charge in [0.1, 0.15) is 0 Å². The number of carbonyl (C=O) groups is 1. The van der Waals surface area contributed by atoms with Gasteiger partial charge < -0.3 is 4.43 Å². The molecule has 3 heteroatoms. The van der Waals surface area contributed by atoms with E-state index < -0.39 is 9.04 Å². The Kier molecular flexibility index (Phi) is 2.40. The van der Waals surface area contributed by atoms with Gasteiger partial charge in [-0.15, -0.1) is 0 Å². The molecule has 1 unspecified atom stereocenters. The first-order valence-corrected chi connectivity index (χ1v) is 5.77. The van der Waals surface area contributed by atoms with Crippen LogP contribution in [0.15, 0.2) is 12.2 Å². The summed E-state index contributed by atoms with van der Waals surface area (Å²) >= 11 is 0. The Morgan fingerprint density at radius 3 is 2.80 bits per heavy atom. The molecular weight excluding hydrogens is 144 g/mol. The van der Waals surface area contributed by atoms with Gasteiger partial charge in [-0.05, 0) is 19.2 Å². The van der Waals surface area contributed by atoms with Crippen molar-refractivity contribution in [3.63, 3.8) is 0 Å². The maximum Gasteiger partial charge on any atom is 0.205 e. The van der Waals surface area contributed by atoms with E-state index in [0.717, 1.165) is 0 Å². The standard InChI is InChI=1S/C7H11O2Si/c1-10(2)9-7-4-3-6(8)5-7/h3-4,7H,5H2,1-2H3. The van der Waals surface area contributed by atoms with Crippen molar-refractivity contribution in [3.05, 3.63) is 12.2 Å². The maximum atomic E-state index is 10.7. The van der Waals surface area contributed by atoms with Gasteiger partial charge in [-0.3, -0.25) is 4.79 Å². The van der Waals surface area contributed by atoms with Crippen LogP contribution in [0.1, 0.15) is 6.42 Å². The Labute approximate surface area is 62.6 Å². The predicted molar refractivity (Wildman–Crippen MR) is 41.1 cm³/mol. The van der Waals surface area contributed by atoms with Gasteiger partial charge in [0, 0.05) is 6.42 Å². The van der Waals surface area contributed by atoms with Gasteiger partial charge in [-0.25, -0.2) is 0 Å². The zero-order valence-electron chi connectivity index (χ0n) is 6.26. The fraction of sp³-hybridized carbons (Fsp3) is 0.571. The van der Waals surface area contributed by atoms with E-state index in [4.69, 9.17) is 4.43 Å². The van der Waals surface area contributed by atoms with Crippen molar-refractivity contribution in [2.45, 2.75) is 25.6 Å². The van der Waals surface area contributed by atoms with Crippen LogP contribution in [0.2, 0.25) is 13.1 Å². The summed E-state index contributed by atoms with van der Waals surface area (Å²) in [6.07, 6.45) is 4.09. The molecule has 0 aromatic carbocycles. The Morgan fingerprint density at radius 2 is 2.40 bits per heavy atom. The Balaban J connectivity index is 2.33. The third kappa shape index (κ3) is 2.08. The first kappa shape index (κ1) is 7.69. The van der Waals surface area contributed by atoms with Crippen molar-refractivity contribution in [2.24, 2.45) is 0 Å². The molecule has 0 aromatic heterocycles. The van der Waals surface area contributed by atoms with Gasteiger partial charge in [0.05, 0.1) is 6.10 Å². The van der Waals surface area contributed by atoms with Gasteiger partial charge in [-0.2, -0.15) is 0 Å². The SMILES string of the molecule is C[Si](C)OC1C=CC(=O)C1. The van der Waals surface area contributed by atoms with E-state index in [2.05, 4.69) is 13.1 Å². The van der Waals surface area contributed by atoms with Crippen molar-refractivity contribution < 1.29 is 9.22 Å². The van der Waals surface area contributed by atoms with Gasteiger partial charge in [0.25, 0.3) is 0 Å². The molecule has 0 amide bonds. The highest BCUT2D eigenvalue weighted by Gasteiger charge is 2.17. The zero-order valence-corrected chi connectivity index (χ0v) is 7.26. The Bertz CT molecular complexity index is 163. The molecule has 0 bridgehead atoms. The Morgan fingerprint density at radius 1 is 1.70 bits per heavy atom. The van der Waals surface area contributed by atoms with Crippen LogP contribution in [-0.2, 0) is 9.22 Å². The molecule has 10 heavy (non-hydrogen) atoms. The van der Waals surface area contributed by atoms with E-state index in [1.54, 1.807) is 6.08 Å². The summed E-state index contributed by atoms with van der Waals surface area (Å²) < 4.78 is 5.48. The van der Waals surface area contributed by atoms with E-state index in [1.807, 2.05) is 6.08 Å². The zero-order chi connectivity index (χ0) is 7.56. The maximum absolute atomic E-state index is 10.7. The molecule has 0 saturated heterocycles. The summed E-state index contributed by atoms with van der Waals surface area (Å²) in [6, 6.07) is 0. The topological polar surface area (TPSA) is 26.3 Å². The molecule has 0 saturated carbocycles. The lowest BCUT2D eigenvalue weighted by atomic mass is 10.3. The second-order valence-electron chi connectivity index (χ2n) is 2.59. The lowest BCUT2D eigenvalue weighted by Gasteiger charge is -2.10. The van der Waals surface area contributed by atoms with Crippen LogP contribution in [0.4, 0.5) is 0 Å². The van der Waals surface area contributed by atoms with Gasteiger partial charge in [-0.1, -0.05) is 6.08 Å². The molecule has 1 atom stereocenters. The van der Waals surface area contributed by atoms with Crippen LogP contribution in [-0.4, -0.2) is 20.9 Å². The second-order valence-corrected chi connectivity index (χ2v) is 4.65. The third-order valence-corrected chi connectivity index (χ3v) is 2.06. The molecule has 55 valence electrons. The van der Waals surface area contributed by atoms with E-state index in [0.29, 0.717) is 6.42 Å². The number of ketones is 1. The largest absolute Gasteiger partial charge is 0.410 e.